The standard InChI is InChI=1S/C12H9BrClN3S/c13-10-4-9(18-12(10)14)6-15-8-2-1-7-5-16-17-11(7)3-8/h1-5,15H,6H2,(H,16,17). The van der Waals surface area contributed by atoms with Gasteiger partial charge in [-0.05, 0) is 40.2 Å². The highest BCUT2D eigenvalue weighted by atomic mass is 79.9. The number of aromatic amines is 1. The highest BCUT2D eigenvalue weighted by Gasteiger charge is 2.04. The van der Waals surface area contributed by atoms with Crippen LogP contribution >= 0.6 is 38.9 Å². The molecule has 18 heavy (non-hydrogen) atoms. The van der Waals surface area contributed by atoms with Crippen molar-refractivity contribution < 1.29 is 0 Å². The number of hydrogen-bond donors (Lipinski definition) is 2. The van der Waals surface area contributed by atoms with Gasteiger partial charge in [0.15, 0.2) is 0 Å². The van der Waals surface area contributed by atoms with Gasteiger partial charge in [-0.3, -0.25) is 5.10 Å². The number of halogens is 2. The van der Waals surface area contributed by atoms with E-state index in [0.717, 1.165) is 31.9 Å². The van der Waals surface area contributed by atoms with Gasteiger partial charge in [-0.15, -0.1) is 11.3 Å². The normalized spacial score (nSPS) is 11.0. The van der Waals surface area contributed by atoms with E-state index in [-0.39, 0.29) is 0 Å². The minimum absolute atomic E-state index is 0.760. The molecular weight excluding hydrogens is 334 g/mol. The molecular formula is C12H9BrClN3S. The van der Waals surface area contributed by atoms with Crippen molar-refractivity contribution in [1.29, 1.82) is 0 Å². The second kappa shape index (κ2) is 4.91. The number of nitrogens with zero attached hydrogens (tertiary/aromatic N) is 1. The summed E-state index contributed by atoms with van der Waals surface area (Å²) in [5.74, 6) is 0. The molecule has 0 radical (unpaired) electrons. The number of aromatic nitrogens is 2. The Kier molecular flexibility index (Phi) is 3.28. The van der Waals surface area contributed by atoms with Gasteiger partial charge < -0.3 is 5.32 Å². The molecule has 6 heteroatoms. The molecule has 1 aromatic carbocycles. The van der Waals surface area contributed by atoms with Crippen LogP contribution in [-0.4, -0.2) is 10.2 Å². The molecule has 0 aliphatic heterocycles. The monoisotopic (exact) mass is 341 g/mol. The fourth-order valence-corrected chi connectivity index (χ4v) is 3.44. The van der Waals surface area contributed by atoms with Crippen LogP contribution in [0, 0.1) is 0 Å². The quantitative estimate of drug-likeness (QED) is 0.727. The predicted molar refractivity (Wildman–Crippen MR) is 80.4 cm³/mol. The van der Waals surface area contributed by atoms with Crippen LogP contribution < -0.4 is 5.32 Å². The van der Waals surface area contributed by atoms with Gasteiger partial charge in [0.1, 0.15) is 4.34 Å². The summed E-state index contributed by atoms with van der Waals surface area (Å²) in [6.07, 6.45) is 1.81. The molecule has 0 atom stereocenters. The Morgan fingerprint density at radius 3 is 3.06 bits per heavy atom. The SMILES string of the molecule is Clc1sc(CNc2ccc3cn[nH]c3c2)cc1Br. The molecule has 0 saturated carbocycles. The number of benzene rings is 1. The molecule has 0 unspecified atom stereocenters. The lowest BCUT2D eigenvalue weighted by atomic mass is 10.2. The Morgan fingerprint density at radius 1 is 1.39 bits per heavy atom. The third kappa shape index (κ3) is 2.39. The maximum absolute atomic E-state index is 6.01. The third-order valence-corrected chi connectivity index (χ3v) is 5.08. The number of thiophene rings is 1. The van der Waals surface area contributed by atoms with Gasteiger partial charge in [0.2, 0.25) is 0 Å². The highest BCUT2D eigenvalue weighted by Crippen LogP contribution is 2.32. The second-order valence-electron chi connectivity index (χ2n) is 3.86. The number of hydrogen-bond acceptors (Lipinski definition) is 3. The first kappa shape index (κ1) is 12.0. The lowest BCUT2D eigenvalue weighted by Gasteiger charge is -2.04. The maximum Gasteiger partial charge on any atom is 0.107 e. The summed E-state index contributed by atoms with van der Waals surface area (Å²) in [4.78, 5) is 1.19. The molecule has 2 N–H and O–H groups in total. The van der Waals surface area contributed by atoms with E-state index in [2.05, 4.69) is 31.4 Å². The molecule has 0 fully saturated rings. The largest absolute Gasteiger partial charge is 0.380 e. The summed E-state index contributed by atoms with van der Waals surface area (Å²) in [6, 6.07) is 8.17. The van der Waals surface area contributed by atoms with Gasteiger partial charge in [-0.2, -0.15) is 5.10 Å². The molecule has 2 aromatic heterocycles. The van der Waals surface area contributed by atoms with Gasteiger partial charge in [-0.1, -0.05) is 11.6 Å². The van der Waals surface area contributed by atoms with Crippen LogP contribution in [0.1, 0.15) is 4.88 Å². The lowest BCUT2D eigenvalue weighted by molar-refractivity contribution is 1.12. The van der Waals surface area contributed by atoms with E-state index in [1.54, 1.807) is 11.3 Å². The summed E-state index contributed by atoms with van der Waals surface area (Å²) in [5.41, 5.74) is 2.10. The summed E-state index contributed by atoms with van der Waals surface area (Å²) in [7, 11) is 0. The zero-order valence-corrected chi connectivity index (χ0v) is 12.4. The van der Waals surface area contributed by atoms with Crippen LogP contribution in [0.15, 0.2) is 34.9 Å². The van der Waals surface area contributed by atoms with Crippen molar-refractivity contribution in [1.82, 2.24) is 10.2 Å². The van der Waals surface area contributed by atoms with Gasteiger partial charge >= 0.3 is 0 Å². The molecule has 3 rings (SSSR count). The van der Waals surface area contributed by atoms with E-state index >= 15 is 0 Å². The van der Waals surface area contributed by atoms with Crippen LogP contribution in [0.5, 0.6) is 0 Å². The zero-order chi connectivity index (χ0) is 12.5. The molecule has 0 aliphatic rings. The lowest BCUT2D eigenvalue weighted by Crippen LogP contribution is -1.96. The first-order valence-electron chi connectivity index (χ1n) is 5.33. The van der Waals surface area contributed by atoms with E-state index in [1.807, 2.05) is 30.5 Å². The highest BCUT2D eigenvalue weighted by molar-refractivity contribution is 9.10. The molecule has 0 amide bonds. The molecule has 92 valence electrons. The smallest absolute Gasteiger partial charge is 0.107 e. The number of rotatable bonds is 3. The van der Waals surface area contributed by atoms with Crippen LogP contribution in [0.4, 0.5) is 5.69 Å². The fraction of sp³-hybridized carbons (Fsp3) is 0.0833. The van der Waals surface area contributed by atoms with Crippen molar-refractivity contribution >= 4 is 55.5 Å². The van der Waals surface area contributed by atoms with E-state index < -0.39 is 0 Å². The summed E-state index contributed by atoms with van der Waals surface area (Å²) in [5, 5.41) is 11.4. The van der Waals surface area contributed by atoms with Crippen molar-refractivity contribution in [2.24, 2.45) is 0 Å². The predicted octanol–water partition coefficient (Wildman–Crippen LogP) is 4.65. The summed E-state index contributed by atoms with van der Waals surface area (Å²) >= 11 is 11.0. The van der Waals surface area contributed by atoms with E-state index in [1.165, 1.54) is 4.88 Å². The third-order valence-electron chi connectivity index (χ3n) is 2.60. The van der Waals surface area contributed by atoms with Crippen molar-refractivity contribution in [3.8, 4) is 0 Å². The number of nitrogens with one attached hydrogen (secondary N) is 2. The average Bonchev–Trinajstić information content (AvgIpc) is 2.94. The van der Waals surface area contributed by atoms with Gasteiger partial charge in [0, 0.05) is 27.0 Å². The zero-order valence-electron chi connectivity index (χ0n) is 9.21. The molecule has 0 spiro atoms. The number of fused-ring (bicyclic) bond motifs is 1. The van der Waals surface area contributed by atoms with Crippen LogP contribution in [-0.2, 0) is 6.54 Å². The summed E-state index contributed by atoms with van der Waals surface area (Å²) in [6.45, 7) is 0.760. The Morgan fingerprint density at radius 2 is 2.28 bits per heavy atom. The van der Waals surface area contributed by atoms with E-state index in [9.17, 15) is 0 Å². The van der Waals surface area contributed by atoms with Crippen LogP contribution in [0.25, 0.3) is 10.9 Å². The van der Waals surface area contributed by atoms with Gasteiger partial charge in [0.25, 0.3) is 0 Å². The Hall–Kier alpha value is -1.04. The van der Waals surface area contributed by atoms with Crippen molar-refractivity contribution in [2.45, 2.75) is 6.54 Å². The fourth-order valence-electron chi connectivity index (χ4n) is 1.71. The molecule has 3 nitrogen and oxygen atoms in total. The molecule has 2 heterocycles. The van der Waals surface area contributed by atoms with Crippen molar-refractivity contribution in [3.05, 3.63) is 44.1 Å². The number of H-pyrrole nitrogens is 1. The van der Waals surface area contributed by atoms with Gasteiger partial charge in [-0.25, -0.2) is 0 Å². The Bertz CT molecular complexity index is 672. The van der Waals surface area contributed by atoms with Crippen molar-refractivity contribution in [3.63, 3.8) is 0 Å². The van der Waals surface area contributed by atoms with E-state index in [4.69, 9.17) is 11.6 Å². The summed E-state index contributed by atoms with van der Waals surface area (Å²) < 4.78 is 1.74. The second-order valence-corrected chi connectivity index (χ2v) is 6.45. The minimum Gasteiger partial charge on any atom is -0.380 e. The Labute approximate surface area is 121 Å². The number of anilines is 1. The van der Waals surface area contributed by atoms with Crippen molar-refractivity contribution in [2.75, 3.05) is 5.32 Å². The average molecular weight is 343 g/mol. The van der Waals surface area contributed by atoms with Gasteiger partial charge in [0.05, 0.1) is 11.7 Å². The Balaban J connectivity index is 1.76. The topological polar surface area (TPSA) is 40.7 Å². The van der Waals surface area contributed by atoms with Crippen LogP contribution in [0.3, 0.4) is 0 Å². The van der Waals surface area contributed by atoms with Crippen LogP contribution in [0.2, 0.25) is 4.34 Å². The first-order valence-corrected chi connectivity index (χ1v) is 7.32. The molecule has 0 bridgehead atoms. The first-order chi connectivity index (χ1) is 8.72. The molecule has 0 saturated heterocycles. The molecule has 3 aromatic rings. The van der Waals surface area contributed by atoms with E-state index in [0.29, 0.717) is 0 Å². The molecule has 0 aliphatic carbocycles. The maximum atomic E-state index is 6.01. The minimum atomic E-state index is 0.760.